The predicted molar refractivity (Wildman–Crippen MR) is 97.9 cm³/mol. The first-order valence-corrected chi connectivity index (χ1v) is 8.71. The van der Waals surface area contributed by atoms with Crippen LogP contribution in [0, 0.1) is 6.92 Å². The molecule has 11 heteroatoms. The van der Waals surface area contributed by atoms with E-state index in [1.54, 1.807) is 13.0 Å². The Hall–Kier alpha value is -2.69. The molecule has 0 atom stereocenters. The van der Waals surface area contributed by atoms with Gasteiger partial charge in [-0.2, -0.15) is 13.2 Å². The number of halogens is 4. The monoisotopic (exact) mass is 460 g/mol. The molecular weight excluding hydrogens is 445 g/mol. The number of nitrogens with zero attached hydrogens (tertiary/aromatic N) is 2. The summed E-state index contributed by atoms with van der Waals surface area (Å²) in [6.07, 6.45) is -3.16. The molecule has 2 rings (SSSR count). The fourth-order valence-electron chi connectivity index (χ4n) is 2.15. The van der Waals surface area contributed by atoms with Crippen molar-refractivity contribution in [1.82, 2.24) is 15.3 Å². The van der Waals surface area contributed by atoms with Gasteiger partial charge in [0.15, 0.2) is 6.61 Å². The molecule has 150 valence electrons. The number of hydrogen-bond acceptors (Lipinski definition) is 5. The van der Waals surface area contributed by atoms with Crippen LogP contribution in [0.3, 0.4) is 0 Å². The molecule has 0 radical (unpaired) electrons. The van der Waals surface area contributed by atoms with Crippen LogP contribution in [0.1, 0.15) is 28.5 Å². The number of carbonyl (C=O) groups excluding carboxylic acids is 2. The quantitative estimate of drug-likeness (QED) is 0.689. The highest BCUT2D eigenvalue weighted by Gasteiger charge is 2.29. The minimum absolute atomic E-state index is 0.0842. The molecule has 0 bridgehead atoms. The van der Waals surface area contributed by atoms with Crippen molar-refractivity contribution in [3.8, 4) is 5.88 Å². The first kappa shape index (κ1) is 21.6. The van der Waals surface area contributed by atoms with Gasteiger partial charge in [-0.1, -0.05) is 0 Å². The molecule has 2 heterocycles. The molecule has 0 aromatic carbocycles. The van der Waals surface area contributed by atoms with Crippen LogP contribution in [0.5, 0.6) is 5.88 Å². The Morgan fingerprint density at radius 2 is 1.96 bits per heavy atom. The maximum Gasteiger partial charge on any atom is 0.422 e. The maximum absolute atomic E-state index is 12.3. The van der Waals surface area contributed by atoms with Crippen molar-refractivity contribution in [2.24, 2.45) is 0 Å². The lowest BCUT2D eigenvalue weighted by atomic mass is 10.2. The first-order chi connectivity index (χ1) is 13.0. The Balaban J connectivity index is 2.02. The molecule has 2 aromatic heterocycles. The molecule has 0 spiro atoms. The van der Waals surface area contributed by atoms with Crippen molar-refractivity contribution in [1.29, 1.82) is 0 Å². The minimum atomic E-state index is -4.47. The Morgan fingerprint density at radius 1 is 1.25 bits per heavy atom. The van der Waals surface area contributed by atoms with Gasteiger partial charge in [0.25, 0.3) is 5.91 Å². The van der Waals surface area contributed by atoms with Crippen molar-refractivity contribution < 1.29 is 27.5 Å². The average molecular weight is 461 g/mol. The lowest BCUT2D eigenvalue weighted by Crippen LogP contribution is -2.23. The van der Waals surface area contributed by atoms with E-state index in [2.05, 4.69) is 41.3 Å². The van der Waals surface area contributed by atoms with E-state index in [-0.39, 0.29) is 28.6 Å². The Kier molecular flexibility index (Phi) is 6.95. The van der Waals surface area contributed by atoms with Crippen LogP contribution in [0.25, 0.3) is 0 Å². The molecule has 0 saturated heterocycles. The van der Waals surface area contributed by atoms with E-state index in [4.69, 9.17) is 0 Å². The van der Waals surface area contributed by atoms with E-state index in [1.807, 2.05) is 0 Å². The van der Waals surface area contributed by atoms with Gasteiger partial charge >= 0.3 is 6.18 Å². The SMILES string of the molecule is CC(=O)Nc1cc(C(=O)NCc2cnc(OCC(F)(F)F)c(Br)c2)cc(C)n1. The molecule has 28 heavy (non-hydrogen) atoms. The zero-order valence-corrected chi connectivity index (χ0v) is 16.4. The van der Waals surface area contributed by atoms with Crippen LogP contribution in [0.2, 0.25) is 0 Å². The van der Waals surface area contributed by atoms with Crippen LogP contribution in [-0.2, 0) is 11.3 Å². The molecular formula is C17H16BrF3N4O3. The topological polar surface area (TPSA) is 93.2 Å². The van der Waals surface area contributed by atoms with E-state index >= 15 is 0 Å². The van der Waals surface area contributed by atoms with Gasteiger partial charge < -0.3 is 15.4 Å². The Labute approximate surface area is 166 Å². The second kappa shape index (κ2) is 9.00. The highest BCUT2D eigenvalue weighted by atomic mass is 79.9. The standard InChI is InChI=1S/C17H16BrF3N4O3/c1-9-3-12(5-14(24-9)25-10(2)26)15(27)22-6-11-4-13(18)16(23-7-11)28-8-17(19,20)21/h3-5,7H,6,8H2,1-2H3,(H,22,27)(H,24,25,26). The fraction of sp³-hybridized carbons (Fsp3) is 0.294. The zero-order chi connectivity index (χ0) is 20.9. The number of carbonyl (C=O) groups is 2. The lowest BCUT2D eigenvalue weighted by Gasteiger charge is -2.11. The van der Waals surface area contributed by atoms with Crippen LogP contribution < -0.4 is 15.4 Å². The van der Waals surface area contributed by atoms with Gasteiger partial charge in [-0.15, -0.1) is 0 Å². The summed E-state index contributed by atoms with van der Waals surface area (Å²) in [7, 11) is 0. The second-order valence-electron chi connectivity index (χ2n) is 5.78. The number of amides is 2. The summed E-state index contributed by atoms with van der Waals surface area (Å²) >= 11 is 3.09. The van der Waals surface area contributed by atoms with Crippen LogP contribution in [-0.4, -0.2) is 34.6 Å². The molecule has 0 aliphatic carbocycles. The fourth-order valence-corrected chi connectivity index (χ4v) is 2.66. The van der Waals surface area contributed by atoms with Crippen LogP contribution >= 0.6 is 15.9 Å². The number of hydrogen-bond donors (Lipinski definition) is 2. The van der Waals surface area contributed by atoms with Gasteiger partial charge in [0.2, 0.25) is 11.8 Å². The predicted octanol–water partition coefficient (Wildman–Crippen LogP) is 3.38. The van der Waals surface area contributed by atoms with Crippen molar-refractivity contribution in [3.05, 3.63) is 45.7 Å². The molecule has 2 N–H and O–H groups in total. The van der Waals surface area contributed by atoms with E-state index in [9.17, 15) is 22.8 Å². The summed E-state index contributed by atoms with van der Waals surface area (Å²) < 4.78 is 41.4. The summed E-state index contributed by atoms with van der Waals surface area (Å²) in [6.45, 7) is 1.65. The third-order valence-corrected chi connectivity index (χ3v) is 3.78. The average Bonchev–Trinajstić information content (AvgIpc) is 2.56. The number of anilines is 1. The molecule has 7 nitrogen and oxygen atoms in total. The number of aryl methyl sites for hydroxylation is 1. The maximum atomic E-state index is 12.3. The minimum Gasteiger partial charge on any atom is -0.467 e. The molecule has 0 fully saturated rings. The van der Waals surface area contributed by atoms with Gasteiger partial charge in [-0.3, -0.25) is 9.59 Å². The number of nitrogens with one attached hydrogen (secondary N) is 2. The number of ether oxygens (including phenoxy) is 1. The third kappa shape index (κ3) is 6.80. The lowest BCUT2D eigenvalue weighted by molar-refractivity contribution is -0.154. The van der Waals surface area contributed by atoms with Crippen molar-refractivity contribution >= 4 is 33.6 Å². The summed E-state index contributed by atoms with van der Waals surface area (Å²) in [5, 5.41) is 5.18. The van der Waals surface area contributed by atoms with Crippen molar-refractivity contribution in [2.45, 2.75) is 26.6 Å². The molecule has 0 aliphatic heterocycles. The molecule has 0 aliphatic rings. The largest absolute Gasteiger partial charge is 0.467 e. The van der Waals surface area contributed by atoms with Gasteiger partial charge in [-0.25, -0.2) is 9.97 Å². The Morgan fingerprint density at radius 3 is 2.57 bits per heavy atom. The van der Waals surface area contributed by atoms with E-state index in [0.717, 1.165) is 0 Å². The zero-order valence-electron chi connectivity index (χ0n) is 14.9. The number of rotatable bonds is 6. The molecule has 0 unspecified atom stereocenters. The van der Waals surface area contributed by atoms with E-state index < -0.39 is 18.7 Å². The van der Waals surface area contributed by atoms with E-state index in [1.165, 1.54) is 25.3 Å². The second-order valence-corrected chi connectivity index (χ2v) is 6.64. The normalized spacial score (nSPS) is 11.1. The van der Waals surface area contributed by atoms with Gasteiger partial charge in [0, 0.05) is 30.9 Å². The number of aromatic nitrogens is 2. The van der Waals surface area contributed by atoms with Gasteiger partial charge in [0.05, 0.1) is 4.47 Å². The molecule has 0 saturated carbocycles. The summed E-state index contributed by atoms with van der Waals surface area (Å²) in [4.78, 5) is 31.4. The molecule has 2 aromatic rings. The van der Waals surface area contributed by atoms with E-state index in [0.29, 0.717) is 16.8 Å². The Bertz CT molecular complexity index is 890. The number of pyridine rings is 2. The third-order valence-electron chi connectivity index (χ3n) is 3.21. The smallest absolute Gasteiger partial charge is 0.422 e. The summed E-state index contributed by atoms with van der Waals surface area (Å²) in [6, 6.07) is 4.49. The van der Waals surface area contributed by atoms with Gasteiger partial charge in [0.1, 0.15) is 5.82 Å². The van der Waals surface area contributed by atoms with Crippen molar-refractivity contribution in [2.75, 3.05) is 11.9 Å². The van der Waals surface area contributed by atoms with Crippen LogP contribution in [0.15, 0.2) is 28.9 Å². The van der Waals surface area contributed by atoms with Crippen molar-refractivity contribution in [3.63, 3.8) is 0 Å². The highest BCUT2D eigenvalue weighted by molar-refractivity contribution is 9.10. The molecule has 2 amide bonds. The van der Waals surface area contributed by atoms with Crippen LogP contribution in [0.4, 0.5) is 19.0 Å². The first-order valence-electron chi connectivity index (χ1n) is 7.92. The van der Waals surface area contributed by atoms with Gasteiger partial charge in [-0.05, 0) is 46.6 Å². The highest BCUT2D eigenvalue weighted by Crippen LogP contribution is 2.25. The summed E-state index contributed by atoms with van der Waals surface area (Å²) in [5.41, 5.74) is 1.40. The number of alkyl halides is 3. The summed E-state index contributed by atoms with van der Waals surface area (Å²) in [5.74, 6) is -0.663.